The van der Waals surface area contributed by atoms with Crippen molar-refractivity contribution in [2.45, 2.75) is 25.6 Å². The maximum absolute atomic E-state index is 12.1. The van der Waals surface area contributed by atoms with Crippen molar-refractivity contribution in [1.82, 2.24) is 15.0 Å². The van der Waals surface area contributed by atoms with Crippen LogP contribution >= 0.6 is 0 Å². The molecule has 0 aliphatic heterocycles. The zero-order valence-electron chi connectivity index (χ0n) is 10.6. The molecule has 0 saturated heterocycles. The van der Waals surface area contributed by atoms with E-state index in [9.17, 15) is 13.2 Å². The van der Waals surface area contributed by atoms with Crippen molar-refractivity contribution >= 4 is 5.95 Å². The molecule has 0 bridgehead atoms. The second-order valence-corrected chi connectivity index (χ2v) is 4.20. The molecule has 0 radical (unpaired) electrons. The average Bonchev–Trinajstić information content (AvgIpc) is 2.44. The molecule has 0 amide bonds. The summed E-state index contributed by atoms with van der Waals surface area (Å²) in [5, 5.41) is 2.96. The number of rotatable bonds is 5. The second kappa shape index (κ2) is 6.31. The van der Waals surface area contributed by atoms with Crippen LogP contribution in [0.2, 0.25) is 0 Å². The fraction of sp³-hybridized carbons (Fsp3) is 0.308. The Balaban J connectivity index is 1.92. The Morgan fingerprint density at radius 1 is 1.15 bits per heavy atom. The summed E-state index contributed by atoms with van der Waals surface area (Å²) in [5.74, 6) is 0.313. The van der Waals surface area contributed by atoms with Gasteiger partial charge in [-0.2, -0.15) is 13.2 Å². The van der Waals surface area contributed by atoms with Crippen molar-refractivity contribution in [2.24, 2.45) is 0 Å². The first-order valence-corrected chi connectivity index (χ1v) is 6.04. The number of hydrogen-bond donors (Lipinski definition) is 1. The van der Waals surface area contributed by atoms with E-state index in [1.165, 1.54) is 12.3 Å². The smallest absolute Gasteiger partial charge is 0.350 e. The average molecular weight is 282 g/mol. The highest BCUT2D eigenvalue weighted by Gasteiger charge is 2.26. The minimum atomic E-state index is -4.17. The summed E-state index contributed by atoms with van der Waals surface area (Å²) in [6, 6.07) is 5.17. The van der Waals surface area contributed by atoms with Gasteiger partial charge < -0.3 is 5.32 Å². The summed E-state index contributed by atoms with van der Waals surface area (Å²) in [4.78, 5) is 12.0. The fourth-order valence-electron chi connectivity index (χ4n) is 1.57. The van der Waals surface area contributed by atoms with Crippen molar-refractivity contribution in [3.8, 4) is 0 Å². The van der Waals surface area contributed by atoms with Crippen LogP contribution in [0.25, 0.3) is 0 Å². The molecule has 0 aromatic carbocycles. The van der Waals surface area contributed by atoms with Gasteiger partial charge in [0.15, 0.2) is 0 Å². The number of anilines is 1. The third-order valence-corrected chi connectivity index (χ3v) is 2.55. The number of aromatic nitrogens is 3. The molecule has 0 fully saturated rings. The molecule has 0 aliphatic rings. The minimum Gasteiger partial charge on any atom is -0.350 e. The van der Waals surface area contributed by atoms with Crippen LogP contribution in [-0.2, 0) is 13.0 Å². The number of alkyl halides is 3. The SMILES string of the molecule is FC(F)(F)CCc1ccnc(NCc2cccnc2)n1. The lowest BCUT2D eigenvalue weighted by molar-refractivity contribution is -0.134. The highest BCUT2D eigenvalue weighted by molar-refractivity contribution is 5.27. The topological polar surface area (TPSA) is 50.7 Å². The molecular formula is C13H13F3N4. The molecule has 0 unspecified atom stereocenters. The molecule has 0 spiro atoms. The van der Waals surface area contributed by atoms with Crippen LogP contribution in [0.3, 0.4) is 0 Å². The molecule has 0 atom stereocenters. The van der Waals surface area contributed by atoms with E-state index in [0.717, 1.165) is 5.56 Å². The Hall–Kier alpha value is -2.18. The third kappa shape index (κ3) is 4.83. The monoisotopic (exact) mass is 282 g/mol. The number of nitrogens with zero attached hydrogens (tertiary/aromatic N) is 3. The Morgan fingerprint density at radius 3 is 2.70 bits per heavy atom. The summed E-state index contributed by atoms with van der Waals surface area (Å²) in [7, 11) is 0. The van der Waals surface area contributed by atoms with E-state index in [2.05, 4.69) is 20.3 Å². The summed E-state index contributed by atoms with van der Waals surface area (Å²) in [6.07, 6.45) is -0.392. The third-order valence-electron chi connectivity index (χ3n) is 2.55. The van der Waals surface area contributed by atoms with Crippen LogP contribution < -0.4 is 5.32 Å². The van der Waals surface area contributed by atoms with E-state index in [1.54, 1.807) is 18.5 Å². The Morgan fingerprint density at radius 2 is 2.00 bits per heavy atom. The summed E-state index contributed by atoms with van der Waals surface area (Å²) < 4.78 is 36.4. The van der Waals surface area contributed by atoms with Gasteiger partial charge in [-0.3, -0.25) is 4.98 Å². The molecule has 2 aromatic rings. The number of pyridine rings is 1. The predicted molar refractivity (Wildman–Crippen MR) is 68.0 cm³/mol. The van der Waals surface area contributed by atoms with Gasteiger partial charge in [0.2, 0.25) is 5.95 Å². The second-order valence-electron chi connectivity index (χ2n) is 4.20. The normalized spacial score (nSPS) is 11.3. The predicted octanol–water partition coefficient (Wildman–Crippen LogP) is 2.98. The lowest BCUT2D eigenvalue weighted by Gasteiger charge is -2.08. The number of hydrogen-bond acceptors (Lipinski definition) is 4. The van der Waals surface area contributed by atoms with Crippen LogP contribution in [0.4, 0.5) is 19.1 Å². The first-order chi connectivity index (χ1) is 9.53. The molecule has 0 aliphatic carbocycles. The Bertz CT molecular complexity index is 543. The van der Waals surface area contributed by atoms with Gasteiger partial charge in [0.05, 0.1) is 0 Å². The number of nitrogens with one attached hydrogen (secondary N) is 1. The van der Waals surface area contributed by atoms with Crippen LogP contribution in [0.15, 0.2) is 36.8 Å². The van der Waals surface area contributed by atoms with Crippen LogP contribution in [0, 0.1) is 0 Å². The van der Waals surface area contributed by atoms with Crippen LogP contribution in [0.5, 0.6) is 0 Å². The minimum absolute atomic E-state index is 0.145. The zero-order valence-corrected chi connectivity index (χ0v) is 10.6. The van der Waals surface area contributed by atoms with E-state index in [-0.39, 0.29) is 6.42 Å². The highest BCUT2D eigenvalue weighted by Crippen LogP contribution is 2.21. The Labute approximate surface area is 114 Å². The van der Waals surface area contributed by atoms with Crippen LogP contribution in [0.1, 0.15) is 17.7 Å². The molecule has 2 aromatic heterocycles. The summed E-state index contributed by atoms with van der Waals surface area (Å²) >= 11 is 0. The zero-order chi connectivity index (χ0) is 14.4. The number of halogens is 3. The van der Waals surface area contributed by atoms with Gasteiger partial charge >= 0.3 is 6.18 Å². The standard InChI is InChI=1S/C13H13F3N4/c14-13(15,16)5-3-11-4-7-18-12(20-11)19-9-10-2-1-6-17-8-10/h1-2,4,6-8H,3,5,9H2,(H,18,19,20). The molecule has 106 valence electrons. The van der Waals surface area contributed by atoms with Crippen molar-refractivity contribution in [3.05, 3.63) is 48.0 Å². The van der Waals surface area contributed by atoms with E-state index >= 15 is 0 Å². The van der Waals surface area contributed by atoms with Gasteiger partial charge in [0.25, 0.3) is 0 Å². The van der Waals surface area contributed by atoms with Gasteiger partial charge in [-0.25, -0.2) is 9.97 Å². The van der Waals surface area contributed by atoms with E-state index < -0.39 is 12.6 Å². The van der Waals surface area contributed by atoms with Gasteiger partial charge in [0.1, 0.15) is 0 Å². The lowest BCUT2D eigenvalue weighted by Crippen LogP contribution is -2.10. The quantitative estimate of drug-likeness (QED) is 0.916. The van der Waals surface area contributed by atoms with Crippen molar-refractivity contribution in [2.75, 3.05) is 5.32 Å². The van der Waals surface area contributed by atoms with Gasteiger partial charge in [-0.1, -0.05) is 6.07 Å². The lowest BCUT2D eigenvalue weighted by atomic mass is 10.2. The molecule has 4 nitrogen and oxygen atoms in total. The largest absolute Gasteiger partial charge is 0.389 e. The van der Waals surface area contributed by atoms with E-state index in [0.29, 0.717) is 18.2 Å². The van der Waals surface area contributed by atoms with Gasteiger partial charge in [0, 0.05) is 37.3 Å². The van der Waals surface area contributed by atoms with E-state index in [1.807, 2.05) is 6.07 Å². The molecule has 20 heavy (non-hydrogen) atoms. The van der Waals surface area contributed by atoms with Crippen molar-refractivity contribution < 1.29 is 13.2 Å². The number of aryl methyl sites for hydroxylation is 1. The van der Waals surface area contributed by atoms with E-state index in [4.69, 9.17) is 0 Å². The van der Waals surface area contributed by atoms with Crippen LogP contribution in [-0.4, -0.2) is 21.1 Å². The van der Waals surface area contributed by atoms with Gasteiger partial charge in [-0.05, 0) is 24.1 Å². The van der Waals surface area contributed by atoms with Gasteiger partial charge in [-0.15, -0.1) is 0 Å². The first-order valence-electron chi connectivity index (χ1n) is 6.04. The molecule has 7 heteroatoms. The highest BCUT2D eigenvalue weighted by atomic mass is 19.4. The van der Waals surface area contributed by atoms with Crippen molar-refractivity contribution in [3.63, 3.8) is 0 Å². The maximum atomic E-state index is 12.1. The summed E-state index contributed by atoms with van der Waals surface area (Å²) in [6.45, 7) is 0.469. The maximum Gasteiger partial charge on any atom is 0.389 e. The molecule has 0 saturated carbocycles. The molecular weight excluding hydrogens is 269 g/mol. The van der Waals surface area contributed by atoms with Crippen molar-refractivity contribution in [1.29, 1.82) is 0 Å². The Kier molecular flexibility index (Phi) is 4.49. The molecule has 2 rings (SSSR count). The summed E-state index contributed by atoms with van der Waals surface area (Å²) in [5.41, 5.74) is 1.31. The fourth-order valence-corrected chi connectivity index (χ4v) is 1.57. The first kappa shape index (κ1) is 14.2. The molecule has 2 heterocycles. The molecule has 1 N–H and O–H groups in total.